The number of aromatic nitrogens is 1. The summed E-state index contributed by atoms with van der Waals surface area (Å²) < 4.78 is 12.4. The highest BCUT2D eigenvalue weighted by Crippen LogP contribution is 2.36. The van der Waals surface area contributed by atoms with Crippen molar-refractivity contribution in [3.05, 3.63) is 103 Å². The molecule has 3 aromatic rings. The van der Waals surface area contributed by atoms with E-state index in [9.17, 15) is 0 Å². The van der Waals surface area contributed by atoms with E-state index in [1.165, 1.54) is 5.56 Å². The molecule has 2 heterocycles. The molecular weight excluding hydrogens is 417 g/mol. The van der Waals surface area contributed by atoms with Crippen LogP contribution in [0.1, 0.15) is 40.3 Å². The summed E-state index contributed by atoms with van der Waals surface area (Å²) in [5.74, 6) is 0. The second kappa shape index (κ2) is 9.96. The van der Waals surface area contributed by atoms with Crippen LogP contribution < -0.4 is 5.46 Å². The van der Waals surface area contributed by atoms with E-state index in [2.05, 4.69) is 88.4 Å². The molecule has 1 aliphatic heterocycles. The summed E-state index contributed by atoms with van der Waals surface area (Å²) in [4.78, 5) is 4.92. The lowest BCUT2D eigenvalue weighted by molar-refractivity contribution is 0.00578. The third-order valence-corrected chi connectivity index (χ3v) is 6.48. The van der Waals surface area contributed by atoms with E-state index in [-0.39, 0.29) is 18.3 Å². The monoisotopic (exact) mass is 449 g/mol. The number of rotatable bonds is 6. The van der Waals surface area contributed by atoms with Crippen LogP contribution in [0.15, 0.2) is 97.1 Å². The normalized spacial score (nSPS) is 17.4. The van der Waals surface area contributed by atoms with Gasteiger partial charge in [0.05, 0.1) is 22.6 Å². The number of nitrogens with zero attached hydrogens (tertiary/aromatic N) is 1. The van der Waals surface area contributed by atoms with Crippen LogP contribution in [-0.4, -0.2) is 23.3 Å². The van der Waals surface area contributed by atoms with Gasteiger partial charge >= 0.3 is 7.12 Å². The van der Waals surface area contributed by atoms with Gasteiger partial charge in [-0.05, 0) is 69.4 Å². The quantitative estimate of drug-likeness (QED) is 0.304. The number of pyridine rings is 1. The third kappa shape index (κ3) is 5.30. The Morgan fingerprint density at radius 1 is 0.706 bits per heavy atom. The van der Waals surface area contributed by atoms with Crippen molar-refractivity contribution >= 4 is 18.7 Å². The Bertz CT molecular complexity index is 1190. The predicted octanol–water partition coefficient (Wildman–Crippen LogP) is 6.86. The van der Waals surface area contributed by atoms with Crippen LogP contribution in [0.25, 0.3) is 28.5 Å². The zero-order valence-corrected chi connectivity index (χ0v) is 20.7. The first-order valence-electron chi connectivity index (χ1n) is 11.8. The molecule has 0 radical (unpaired) electrons. The molecule has 0 aliphatic carbocycles. The highest BCUT2D eigenvalue weighted by atomic mass is 16.7. The summed E-state index contributed by atoms with van der Waals surface area (Å²) in [6.07, 6.45) is 12.1. The Kier molecular flexibility index (Phi) is 7.01. The fourth-order valence-electron chi connectivity index (χ4n) is 3.77. The summed E-state index contributed by atoms with van der Waals surface area (Å²) in [7, 11) is -0.370. The Morgan fingerprint density at radius 2 is 1.35 bits per heavy atom. The maximum Gasteiger partial charge on any atom is 0.494 e. The Hall–Kier alpha value is -3.21. The molecule has 1 aromatic heterocycles. The first-order valence-corrected chi connectivity index (χ1v) is 11.8. The summed E-state index contributed by atoms with van der Waals surface area (Å²) in [5.41, 5.74) is 5.50. The highest BCUT2D eigenvalue weighted by Gasteiger charge is 2.51. The molecule has 2 aromatic carbocycles. The van der Waals surface area contributed by atoms with Gasteiger partial charge in [0.1, 0.15) is 0 Å². The zero-order chi connectivity index (χ0) is 24.2. The molecule has 34 heavy (non-hydrogen) atoms. The fourth-order valence-corrected chi connectivity index (χ4v) is 3.77. The molecule has 0 bridgehead atoms. The van der Waals surface area contributed by atoms with Crippen molar-refractivity contribution in [3.63, 3.8) is 0 Å². The van der Waals surface area contributed by atoms with E-state index in [0.29, 0.717) is 0 Å². The highest BCUT2D eigenvalue weighted by molar-refractivity contribution is 6.62. The summed E-state index contributed by atoms with van der Waals surface area (Å²) in [6.45, 7) is 10.3. The van der Waals surface area contributed by atoms with E-state index in [0.717, 1.165) is 28.0 Å². The number of hydrogen-bond donors (Lipinski definition) is 0. The maximum atomic E-state index is 6.21. The van der Waals surface area contributed by atoms with Crippen LogP contribution in [0.3, 0.4) is 0 Å². The van der Waals surface area contributed by atoms with Gasteiger partial charge in [0.25, 0.3) is 0 Å². The SMILES string of the molecule is C\C=C/C=C\C=C\c1cc(-c2ccccc2)cc(-c2ccc(B3OC(C)(C)C(C)(C)O3)cc2)n1. The molecule has 0 spiro atoms. The average molecular weight is 449 g/mol. The van der Waals surface area contributed by atoms with Crippen molar-refractivity contribution < 1.29 is 9.31 Å². The van der Waals surface area contributed by atoms with Crippen LogP contribution in [0.4, 0.5) is 0 Å². The van der Waals surface area contributed by atoms with E-state index in [1.54, 1.807) is 0 Å². The summed E-state index contributed by atoms with van der Waals surface area (Å²) >= 11 is 0. The van der Waals surface area contributed by atoms with Crippen molar-refractivity contribution in [1.82, 2.24) is 4.98 Å². The van der Waals surface area contributed by atoms with E-state index in [4.69, 9.17) is 14.3 Å². The van der Waals surface area contributed by atoms with Crippen LogP contribution >= 0.6 is 0 Å². The number of hydrogen-bond acceptors (Lipinski definition) is 3. The standard InChI is InChI=1S/C30H32BNO2/c1-6-7-8-9-13-16-27-21-25(23-14-11-10-12-15-23)22-28(32-27)24-17-19-26(20-18-24)31-33-29(2,3)30(4,5)34-31/h6-22H,1-5H3/b7-6-,9-8-,16-13+. The van der Waals surface area contributed by atoms with E-state index in [1.807, 2.05) is 49.4 Å². The molecule has 1 fully saturated rings. The lowest BCUT2D eigenvalue weighted by atomic mass is 9.78. The van der Waals surface area contributed by atoms with Crippen LogP contribution in [0, 0.1) is 0 Å². The van der Waals surface area contributed by atoms with Gasteiger partial charge in [-0.3, -0.25) is 0 Å². The number of allylic oxidation sites excluding steroid dienone is 5. The van der Waals surface area contributed by atoms with Gasteiger partial charge in [0.2, 0.25) is 0 Å². The molecule has 0 unspecified atom stereocenters. The van der Waals surface area contributed by atoms with Gasteiger partial charge in [-0.15, -0.1) is 0 Å². The van der Waals surface area contributed by atoms with E-state index < -0.39 is 0 Å². The van der Waals surface area contributed by atoms with E-state index >= 15 is 0 Å². The minimum absolute atomic E-state index is 0.357. The molecule has 172 valence electrons. The van der Waals surface area contributed by atoms with Gasteiger partial charge < -0.3 is 9.31 Å². The minimum atomic E-state index is -0.370. The zero-order valence-electron chi connectivity index (χ0n) is 20.7. The molecule has 0 N–H and O–H groups in total. The molecular formula is C30H32BNO2. The molecule has 0 amide bonds. The molecule has 4 rings (SSSR count). The summed E-state index contributed by atoms with van der Waals surface area (Å²) in [5, 5.41) is 0. The third-order valence-electron chi connectivity index (χ3n) is 6.48. The molecule has 3 nitrogen and oxygen atoms in total. The lowest BCUT2D eigenvalue weighted by Crippen LogP contribution is -2.41. The largest absolute Gasteiger partial charge is 0.494 e. The number of benzene rings is 2. The molecule has 0 atom stereocenters. The molecule has 1 aliphatic rings. The van der Waals surface area contributed by atoms with Crippen molar-refractivity contribution in [1.29, 1.82) is 0 Å². The van der Waals surface area contributed by atoms with Crippen molar-refractivity contribution in [2.75, 3.05) is 0 Å². The molecule has 1 saturated heterocycles. The average Bonchev–Trinajstić information content (AvgIpc) is 3.06. The first-order chi connectivity index (χ1) is 16.3. The fraction of sp³-hybridized carbons (Fsp3) is 0.233. The second-order valence-corrected chi connectivity index (χ2v) is 9.51. The predicted molar refractivity (Wildman–Crippen MR) is 144 cm³/mol. The maximum absolute atomic E-state index is 6.21. The summed E-state index contributed by atoms with van der Waals surface area (Å²) in [6, 6.07) is 23.0. The van der Waals surface area contributed by atoms with Crippen molar-refractivity contribution in [3.8, 4) is 22.4 Å². The van der Waals surface area contributed by atoms with Gasteiger partial charge in [-0.25, -0.2) is 4.98 Å². The van der Waals surface area contributed by atoms with Gasteiger partial charge in [0.15, 0.2) is 0 Å². The molecule has 4 heteroatoms. The van der Waals surface area contributed by atoms with Crippen LogP contribution in [0.2, 0.25) is 0 Å². The second-order valence-electron chi connectivity index (χ2n) is 9.51. The Morgan fingerprint density at radius 3 is 2.00 bits per heavy atom. The minimum Gasteiger partial charge on any atom is -0.399 e. The smallest absolute Gasteiger partial charge is 0.399 e. The molecule has 0 saturated carbocycles. The Balaban J connectivity index is 1.66. The first kappa shape index (κ1) is 23.9. The van der Waals surface area contributed by atoms with Crippen LogP contribution in [-0.2, 0) is 9.31 Å². The Labute approximate surface area is 204 Å². The topological polar surface area (TPSA) is 31.4 Å². The van der Waals surface area contributed by atoms with Crippen LogP contribution in [0.5, 0.6) is 0 Å². The van der Waals surface area contributed by atoms with Gasteiger partial charge in [0, 0.05) is 5.56 Å². The van der Waals surface area contributed by atoms with Crippen molar-refractivity contribution in [2.45, 2.75) is 45.8 Å². The van der Waals surface area contributed by atoms with Crippen molar-refractivity contribution in [2.24, 2.45) is 0 Å². The van der Waals surface area contributed by atoms with Gasteiger partial charge in [-0.2, -0.15) is 0 Å². The van der Waals surface area contributed by atoms with Gasteiger partial charge in [-0.1, -0.05) is 85.0 Å². The lowest BCUT2D eigenvalue weighted by Gasteiger charge is -2.32.